The van der Waals surface area contributed by atoms with E-state index in [2.05, 4.69) is 110 Å². The van der Waals surface area contributed by atoms with Crippen LogP contribution in [0.25, 0.3) is 38.6 Å². The number of aliphatic imine (C=N–C) groups is 1. The zero-order valence-corrected chi connectivity index (χ0v) is 22.0. The van der Waals surface area contributed by atoms with Gasteiger partial charge < -0.3 is 9.88 Å². The lowest BCUT2D eigenvalue weighted by molar-refractivity contribution is 1.01. The molecule has 0 radical (unpaired) electrons. The first-order valence-corrected chi connectivity index (χ1v) is 13.6. The third-order valence-electron chi connectivity index (χ3n) is 7.58. The van der Waals surface area contributed by atoms with Crippen molar-refractivity contribution in [2.45, 2.75) is 6.42 Å². The van der Waals surface area contributed by atoms with E-state index in [4.69, 9.17) is 4.99 Å². The first-order chi connectivity index (χ1) is 20.3. The topological polar surface area (TPSA) is 57.2 Å². The van der Waals surface area contributed by atoms with Crippen LogP contribution in [0.15, 0.2) is 155 Å². The Labute approximate surface area is 236 Å². The van der Waals surface area contributed by atoms with Gasteiger partial charge in [-0.25, -0.2) is 4.99 Å². The number of anilines is 1. The summed E-state index contributed by atoms with van der Waals surface area (Å²) < 4.78 is 0. The summed E-state index contributed by atoms with van der Waals surface area (Å²) in [6.07, 6.45) is 18.6. The molecule has 5 nitrogen and oxygen atoms in total. The molecule has 1 aliphatic carbocycles. The summed E-state index contributed by atoms with van der Waals surface area (Å²) in [5.41, 5.74) is 19.5. The summed E-state index contributed by atoms with van der Waals surface area (Å²) in [5, 5.41) is 1.09. The number of allylic oxidation sites excluding steroid dienone is 4. The van der Waals surface area contributed by atoms with Gasteiger partial charge in [-0.05, 0) is 71.8 Å². The van der Waals surface area contributed by atoms with Crippen molar-refractivity contribution in [3.8, 4) is 11.1 Å². The van der Waals surface area contributed by atoms with Crippen LogP contribution < -0.4 is 4.90 Å². The molecular weight excluding hydrogens is 502 g/mol. The predicted molar refractivity (Wildman–Crippen MR) is 166 cm³/mol. The third-order valence-corrected chi connectivity index (χ3v) is 7.58. The molecule has 0 saturated carbocycles. The van der Waals surface area contributed by atoms with Crippen molar-refractivity contribution >= 4 is 39.4 Å². The molecule has 0 atom stereocenters. The number of hydrogen-bond donors (Lipinski definition) is 1. The fourth-order valence-electron chi connectivity index (χ4n) is 5.63. The molecule has 192 valence electrons. The zero-order valence-electron chi connectivity index (χ0n) is 22.0. The van der Waals surface area contributed by atoms with Gasteiger partial charge in [0.05, 0.1) is 22.4 Å². The molecule has 41 heavy (non-hydrogen) atoms. The number of fused-ring (bicyclic) bond motifs is 4. The molecule has 0 unspecified atom stereocenters. The Bertz CT molecular complexity index is 2140. The fourth-order valence-corrected chi connectivity index (χ4v) is 5.63. The predicted octanol–water partition coefficient (Wildman–Crippen LogP) is 8.06. The Morgan fingerprint density at radius 2 is 1.78 bits per heavy atom. The van der Waals surface area contributed by atoms with Gasteiger partial charge in [-0.2, -0.15) is 0 Å². The summed E-state index contributed by atoms with van der Waals surface area (Å²) in [4.78, 5) is 19.5. The number of hydrogen-bond acceptors (Lipinski definition) is 4. The van der Waals surface area contributed by atoms with Crippen LogP contribution in [0.5, 0.6) is 0 Å². The highest BCUT2D eigenvalue weighted by molar-refractivity contribution is 6.06. The van der Waals surface area contributed by atoms with E-state index in [-0.39, 0.29) is 0 Å². The highest BCUT2D eigenvalue weighted by Gasteiger charge is 2.25. The molecule has 0 spiro atoms. The van der Waals surface area contributed by atoms with Crippen LogP contribution in [0, 0.1) is 0 Å². The van der Waals surface area contributed by atoms with Crippen molar-refractivity contribution in [3.63, 3.8) is 0 Å². The van der Waals surface area contributed by atoms with E-state index in [1.807, 2.05) is 36.8 Å². The van der Waals surface area contributed by atoms with Gasteiger partial charge in [0.25, 0.3) is 0 Å². The van der Waals surface area contributed by atoms with Crippen molar-refractivity contribution in [1.29, 1.82) is 0 Å². The summed E-state index contributed by atoms with van der Waals surface area (Å²) in [5.74, 6) is 0. The quantitative estimate of drug-likeness (QED) is 0.242. The first-order valence-electron chi connectivity index (χ1n) is 13.6. The summed E-state index contributed by atoms with van der Waals surface area (Å²) in [7, 11) is 0. The van der Waals surface area contributed by atoms with Crippen molar-refractivity contribution in [3.05, 3.63) is 155 Å². The second-order valence-corrected chi connectivity index (χ2v) is 10.1. The summed E-state index contributed by atoms with van der Waals surface area (Å²) in [6.45, 7) is 0. The lowest BCUT2D eigenvalue weighted by atomic mass is 9.99. The fraction of sp³-hybridized carbons (Fsp3) is 0.0278. The Balaban J connectivity index is 1.28. The van der Waals surface area contributed by atoms with Crippen molar-refractivity contribution in [2.75, 3.05) is 4.90 Å². The highest BCUT2D eigenvalue weighted by atomic mass is 15.2. The van der Waals surface area contributed by atoms with Crippen LogP contribution in [0.2, 0.25) is 0 Å². The number of aromatic amines is 1. The standard InChI is InChI=1S/C36H23N5/c1-2-18-38-34-22-28(9-1)41(29-13-15-32-31(21-29)36-33(40-32)10-5-19-39-36)35-16-12-24(11-14-30(34)35)25-6-3-7-26(20-25)27-8-4-17-37-23-27/h1-8,10-11,13-21,23,40H,9H2. The summed E-state index contributed by atoms with van der Waals surface area (Å²) >= 11 is 0. The van der Waals surface area contributed by atoms with Crippen LogP contribution in [0.1, 0.15) is 12.0 Å². The molecule has 0 saturated heterocycles. The molecule has 2 aliphatic heterocycles. The maximum atomic E-state index is 4.75. The zero-order chi connectivity index (χ0) is 27.2. The Kier molecular flexibility index (Phi) is 5.36. The minimum Gasteiger partial charge on any atom is -0.353 e. The molecule has 0 amide bonds. The van der Waals surface area contributed by atoms with E-state index in [0.717, 1.165) is 79.0 Å². The number of nitrogens with zero attached hydrogens (tertiary/aromatic N) is 4. The van der Waals surface area contributed by atoms with Gasteiger partial charge in [0.1, 0.15) is 5.70 Å². The van der Waals surface area contributed by atoms with Gasteiger partial charge in [0.2, 0.25) is 0 Å². The largest absolute Gasteiger partial charge is 0.353 e. The normalized spacial score (nSPS) is 15.8. The number of aromatic nitrogens is 3. The van der Waals surface area contributed by atoms with Crippen molar-refractivity contribution in [1.82, 2.24) is 15.0 Å². The minimum absolute atomic E-state index is 0.734. The Morgan fingerprint density at radius 1 is 0.854 bits per heavy atom. The number of rotatable bonds is 3. The minimum atomic E-state index is 0.734. The first kappa shape index (κ1) is 23.2. The molecule has 2 aromatic carbocycles. The number of pyridine rings is 2. The molecule has 3 aromatic heterocycles. The Hall–Kier alpha value is -5.73. The smallest absolute Gasteiger partial charge is 0.116 e. The van der Waals surface area contributed by atoms with Crippen molar-refractivity contribution < 1.29 is 0 Å². The van der Waals surface area contributed by atoms with Crippen LogP contribution >= 0.6 is 0 Å². The maximum Gasteiger partial charge on any atom is 0.116 e. The highest BCUT2D eigenvalue weighted by Crippen LogP contribution is 2.39. The average molecular weight is 526 g/mol. The molecule has 5 heteroatoms. The lowest BCUT2D eigenvalue weighted by Gasteiger charge is -2.31. The van der Waals surface area contributed by atoms with Gasteiger partial charge in [-0.1, -0.05) is 36.1 Å². The van der Waals surface area contributed by atoms with Crippen molar-refractivity contribution in [2.24, 2.45) is 4.99 Å². The van der Waals surface area contributed by atoms with Gasteiger partial charge in [-0.15, -0.1) is 5.73 Å². The maximum absolute atomic E-state index is 4.75. The van der Waals surface area contributed by atoms with Gasteiger partial charge in [0, 0.05) is 70.6 Å². The lowest BCUT2D eigenvalue weighted by Crippen LogP contribution is -2.24. The van der Waals surface area contributed by atoms with E-state index in [1.54, 1.807) is 6.20 Å². The van der Waals surface area contributed by atoms with Gasteiger partial charge in [0.15, 0.2) is 0 Å². The van der Waals surface area contributed by atoms with E-state index >= 15 is 0 Å². The van der Waals surface area contributed by atoms with Crippen LogP contribution in [0.4, 0.5) is 5.69 Å². The average Bonchev–Trinajstić information content (AvgIpc) is 3.23. The molecule has 3 aliphatic rings. The number of H-pyrrole nitrogens is 1. The molecule has 8 rings (SSSR count). The van der Waals surface area contributed by atoms with Gasteiger partial charge >= 0.3 is 0 Å². The number of benzene rings is 2. The monoisotopic (exact) mass is 525 g/mol. The second kappa shape index (κ2) is 9.48. The third kappa shape index (κ3) is 4.02. The van der Waals surface area contributed by atoms with Gasteiger partial charge in [-0.3, -0.25) is 9.97 Å². The van der Waals surface area contributed by atoms with Crippen LogP contribution in [0.3, 0.4) is 0 Å². The Morgan fingerprint density at radius 3 is 2.73 bits per heavy atom. The molecule has 2 bridgehead atoms. The van der Waals surface area contributed by atoms with Crippen LogP contribution in [-0.2, 0) is 0 Å². The van der Waals surface area contributed by atoms with E-state index in [0.29, 0.717) is 0 Å². The molecule has 5 heterocycles. The van der Waals surface area contributed by atoms with Crippen LogP contribution in [-0.4, -0.2) is 21.2 Å². The SMILES string of the molecule is C1=CC2=C(C=CC=1c1cccc(-c3cccnc3)c1)C1=C=C(CC=CC=N1)N2c1ccc2[nH]c3cccnc3c2c1. The molecular formula is C36H23N5. The molecule has 0 fully saturated rings. The van der Waals surface area contributed by atoms with E-state index < -0.39 is 0 Å². The second-order valence-electron chi connectivity index (χ2n) is 10.1. The number of nitrogens with one attached hydrogen (secondary N) is 1. The molecule has 5 aromatic rings. The molecule has 1 N–H and O–H groups in total. The summed E-state index contributed by atoms with van der Waals surface area (Å²) in [6, 6.07) is 23.1. The van der Waals surface area contributed by atoms with E-state index in [9.17, 15) is 0 Å². The van der Waals surface area contributed by atoms with E-state index in [1.165, 1.54) is 0 Å².